The Morgan fingerprint density at radius 3 is 2.52 bits per heavy atom. The molecule has 2 heterocycles. The van der Waals surface area contributed by atoms with Crippen LogP contribution in [0.5, 0.6) is 0 Å². The number of para-hydroxylation sites is 1. The van der Waals surface area contributed by atoms with Crippen molar-refractivity contribution in [1.82, 2.24) is 29.7 Å². The highest BCUT2D eigenvalue weighted by Gasteiger charge is 2.12. The summed E-state index contributed by atoms with van der Waals surface area (Å²) in [6.45, 7) is 0. The molecular formula is C11H6ClF2N7. The van der Waals surface area contributed by atoms with Gasteiger partial charge in [-0.05, 0) is 23.7 Å². The van der Waals surface area contributed by atoms with Crippen LogP contribution in [0.3, 0.4) is 0 Å². The molecule has 0 radical (unpaired) electrons. The maximum atomic E-state index is 13.6. The minimum atomic E-state index is -0.783. The monoisotopic (exact) mass is 309 g/mol. The number of nitrogens with zero attached hydrogens (tertiary/aromatic N) is 6. The minimum Gasteiger partial charge on any atom is -0.319 e. The van der Waals surface area contributed by atoms with Crippen LogP contribution in [0.1, 0.15) is 0 Å². The second kappa shape index (κ2) is 5.37. The molecule has 0 aliphatic carbocycles. The van der Waals surface area contributed by atoms with Crippen LogP contribution in [0.2, 0.25) is 5.28 Å². The molecule has 0 saturated carbocycles. The Morgan fingerprint density at radius 1 is 1.10 bits per heavy atom. The fourth-order valence-corrected chi connectivity index (χ4v) is 1.69. The molecule has 1 aromatic carbocycles. The molecule has 0 saturated heterocycles. The molecule has 0 bridgehead atoms. The molecular weight excluding hydrogens is 304 g/mol. The zero-order chi connectivity index (χ0) is 14.8. The van der Waals surface area contributed by atoms with Crippen LogP contribution in [0, 0.1) is 11.6 Å². The lowest BCUT2D eigenvalue weighted by Gasteiger charge is -2.08. The third kappa shape index (κ3) is 2.77. The molecule has 0 atom stereocenters. The molecule has 21 heavy (non-hydrogen) atoms. The molecule has 0 aliphatic rings. The van der Waals surface area contributed by atoms with Crippen molar-refractivity contribution in [2.45, 2.75) is 0 Å². The van der Waals surface area contributed by atoms with Crippen molar-refractivity contribution in [3.63, 3.8) is 0 Å². The molecule has 3 aromatic rings. The molecule has 1 N–H and O–H groups in total. The van der Waals surface area contributed by atoms with E-state index in [1.54, 1.807) is 0 Å². The van der Waals surface area contributed by atoms with Gasteiger partial charge in [0.2, 0.25) is 11.2 Å². The SMILES string of the molecule is Fc1cccc(F)c1Nc1nc(Cl)nc(-n2cncn2)n1. The standard InChI is InChI=1S/C11H6ClF2N7/c12-9-18-10(17-8-6(13)2-1-3-7(8)14)20-11(19-9)21-5-15-4-16-21/h1-5H,(H,17,18,19,20). The van der Waals surface area contributed by atoms with E-state index in [9.17, 15) is 8.78 Å². The quantitative estimate of drug-likeness (QED) is 0.798. The molecule has 0 unspecified atom stereocenters. The molecule has 0 amide bonds. The summed E-state index contributed by atoms with van der Waals surface area (Å²) in [4.78, 5) is 15.3. The van der Waals surface area contributed by atoms with Gasteiger partial charge in [0.05, 0.1) is 0 Å². The van der Waals surface area contributed by atoms with Crippen molar-refractivity contribution in [2.75, 3.05) is 5.32 Å². The first-order valence-electron chi connectivity index (χ1n) is 5.61. The molecule has 2 aromatic heterocycles. The molecule has 0 aliphatic heterocycles. The average molecular weight is 310 g/mol. The number of halogens is 3. The van der Waals surface area contributed by atoms with Crippen molar-refractivity contribution < 1.29 is 8.78 Å². The van der Waals surface area contributed by atoms with Gasteiger partial charge in [-0.2, -0.15) is 24.7 Å². The van der Waals surface area contributed by atoms with E-state index < -0.39 is 11.6 Å². The molecule has 10 heteroatoms. The normalized spacial score (nSPS) is 10.6. The summed E-state index contributed by atoms with van der Waals surface area (Å²) in [6, 6.07) is 3.45. The van der Waals surface area contributed by atoms with Gasteiger partial charge >= 0.3 is 0 Å². The predicted molar refractivity (Wildman–Crippen MR) is 69.4 cm³/mol. The van der Waals surface area contributed by atoms with E-state index in [1.165, 1.54) is 23.4 Å². The Hall–Kier alpha value is -2.68. The van der Waals surface area contributed by atoms with E-state index in [-0.39, 0.29) is 22.9 Å². The van der Waals surface area contributed by atoms with E-state index in [0.717, 1.165) is 12.1 Å². The summed E-state index contributed by atoms with van der Waals surface area (Å²) in [7, 11) is 0. The van der Waals surface area contributed by atoms with Gasteiger partial charge in [-0.25, -0.2) is 13.8 Å². The van der Waals surface area contributed by atoms with Crippen LogP contribution in [0.4, 0.5) is 20.4 Å². The second-order valence-electron chi connectivity index (χ2n) is 3.79. The lowest BCUT2D eigenvalue weighted by atomic mass is 10.3. The Kier molecular flexibility index (Phi) is 3.40. The molecule has 0 fully saturated rings. The van der Waals surface area contributed by atoms with Gasteiger partial charge < -0.3 is 5.32 Å². The first kappa shape index (κ1) is 13.3. The Bertz CT molecular complexity index is 758. The summed E-state index contributed by atoms with van der Waals surface area (Å²) in [5.74, 6) is -1.63. The number of benzene rings is 1. The van der Waals surface area contributed by atoms with Gasteiger partial charge in [-0.15, -0.1) is 0 Å². The zero-order valence-corrected chi connectivity index (χ0v) is 11.0. The van der Waals surface area contributed by atoms with E-state index in [2.05, 4.69) is 30.4 Å². The van der Waals surface area contributed by atoms with Crippen LogP contribution >= 0.6 is 11.6 Å². The molecule has 106 valence electrons. The average Bonchev–Trinajstić information content (AvgIpc) is 2.97. The number of rotatable bonds is 3. The summed E-state index contributed by atoms with van der Waals surface area (Å²) < 4.78 is 28.4. The highest BCUT2D eigenvalue weighted by Crippen LogP contribution is 2.21. The van der Waals surface area contributed by atoms with Gasteiger partial charge in [0.1, 0.15) is 30.0 Å². The van der Waals surface area contributed by atoms with Gasteiger partial charge in [0.15, 0.2) is 0 Å². The first-order valence-corrected chi connectivity index (χ1v) is 5.99. The molecule has 0 spiro atoms. The van der Waals surface area contributed by atoms with Gasteiger partial charge in [-0.3, -0.25) is 0 Å². The Morgan fingerprint density at radius 2 is 1.86 bits per heavy atom. The lowest BCUT2D eigenvalue weighted by molar-refractivity contribution is 0.590. The molecule has 7 nitrogen and oxygen atoms in total. The topological polar surface area (TPSA) is 81.4 Å². The predicted octanol–water partition coefficient (Wildman–Crippen LogP) is 2.13. The maximum absolute atomic E-state index is 13.6. The van der Waals surface area contributed by atoms with Gasteiger partial charge in [-0.1, -0.05) is 6.07 Å². The first-order chi connectivity index (χ1) is 10.1. The highest BCUT2D eigenvalue weighted by atomic mass is 35.5. The van der Waals surface area contributed by atoms with Crippen molar-refractivity contribution in [2.24, 2.45) is 0 Å². The Labute approximate surface area is 121 Å². The third-order valence-corrected chi connectivity index (χ3v) is 2.59. The van der Waals surface area contributed by atoms with Crippen molar-refractivity contribution in [1.29, 1.82) is 0 Å². The maximum Gasteiger partial charge on any atom is 0.258 e. The van der Waals surface area contributed by atoms with Crippen molar-refractivity contribution in [3.8, 4) is 5.95 Å². The number of hydrogen-bond acceptors (Lipinski definition) is 6. The summed E-state index contributed by atoms with van der Waals surface area (Å²) in [5.41, 5.74) is -0.385. The highest BCUT2D eigenvalue weighted by molar-refractivity contribution is 6.28. The van der Waals surface area contributed by atoms with Crippen LogP contribution < -0.4 is 5.32 Å². The second-order valence-corrected chi connectivity index (χ2v) is 4.13. The van der Waals surface area contributed by atoms with Crippen LogP contribution in [-0.4, -0.2) is 29.7 Å². The van der Waals surface area contributed by atoms with E-state index >= 15 is 0 Å². The third-order valence-electron chi connectivity index (χ3n) is 2.42. The minimum absolute atomic E-state index is 0.0618. The zero-order valence-electron chi connectivity index (χ0n) is 10.2. The number of nitrogens with one attached hydrogen (secondary N) is 1. The van der Waals surface area contributed by atoms with Crippen LogP contribution in [-0.2, 0) is 0 Å². The fraction of sp³-hybridized carbons (Fsp3) is 0. The van der Waals surface area contributed by atoms with E-state index in [4.69, 9.17) is 11.6 Å². The molecule has 3 rings (SSSR count). The summed E-state index contributed by atoms with van der Waals surface area (Å²) >= 11 is 5.76. The summed E-state index contributed by atoms with van der Waals surface area (Å²) in [6.07, 6.45) is 2.63. The largest absolute Gasteiger partial charge is 0.319 e. The van der Waals surface area contributed by atoms with E-state index in [1.807, 2.05) is 0 Å². The van der Waals surface area contributed by atoms with E-state index in [0.29, 0.717) is 0 Å². The van der Waals surface area contributed by atoms with Gasteiger partial charge in [0.25, 0.3) is 5.95 Å². The number of hydrogen-bond donors (Lipinski definition) is 1. The smallest absolute Gasteiger partial charge is 0.258 e. The summed E-state index contributed by atoms with van der Waals surface area (Å²) in [5, 5.41) is 6.10. The number of aromatic nitrogens is 6. The van der Waals surface area contributed by atoms with Gasteiger partial charge in [0, 0.05) is 0 Å². The Balaban J connectivity index is 2.00. The lowest BCUT2D eigenvalue weighted by Crippen LogP contribution is -2.08. The van der Waals surface area contributed by atoms with Crippen molar-refractivity contribution >= 4 is 23.2 Å². The van der Waals surface area contributed by atoms with Crippen molar-refractivity contribution in [3.05, 3.63) is 47.8 Å². The van der Waals surface area contributed by atoms with Crippen LogP contribution in [0.15, 0.2) is 30.9 Å². The van der Waals surface area contributed by atoms with Crippen LogP contribution in [0.25, 0.3) is 5.95 Å². The number of anilines is 2. The fourth-order valence-electron chi connectivity index (χ4n) is 1.54.